The van der Waals surface area contributed by atoms with E-state index in [1.54, 1.807) is 11.8 Å². The first-order chi connectivity index (χ1) is 9.80. The van der Waals surface area contributed by atoms with E-state index < -0.39 is 40.9 Å². The average Bonchev–Trinajstić information content (AvgIpc) is 2.80. The monoisotopic (exact) mass is 379 g/mol. The standard InChI is InChI=1S/C11H19F2N3O3S2.ClH/c12-11(13)7-9(15-8-11)10(17)14-1-6-21(18,19)16-2-4-20-5-3-16;/h9,15H,1-8H2,(H,14,17);1H. The predicted molar refractivity (Wildman–Crippen MR) is 84.3 cm³/mol. The van der Waals surface area contributed by atoms with Gasteiger partial charge in [-0.2, -0.15) is 11.8 Å². The van der Waals surface area contributed by atoms with Gasteiger partial charge in [-0.05, 0) is 0 Å². The van der Waals surface area contributed by atoms with E-state index in [0.717, 1.165) is 11.5 Å². The molecule has 1 unspecified atom stereocenters. The summed E-state index contributed by atoms with van der Waals surface area (Å²) in [6.45, 7) is 0.387. The van der Waals surface area contributed by atoms with Crippen molar-refractivity contribution in [1.29, 1.82) is 0 Å². The Bertz CT molecular complexity index is 487. The molecule has 1 amide bonds. The highest BCUT2D eigenvalue weighted by molar-refractivity contribution is 7.99. The van der Waals surface area contributed by atoms with Crippen molar-refractivity contribution in [2.24, 2.45) is 0 Å². The number of sulfonamides is 1. The molecule has 6 nitrogen and oxygen atoms in total. The number of rotatable bonds is 5. The predicted octanol–water partition coefficient (Wildman–Crippen LogP) is -0.0998. The third-order valence-electron chi connectivity index (χ3n) is 3.45. The smallest absolute Gasteiger partial charge is 0.262 e. The first kappa shape index (κ1) is 19.9. The Hall–Kier alpha value is -0.160. The van der Waals surface area contributed by atoms with Crippen molar-refractivity contribution >= 4 is 40.1 Å². The van der Waals surface area contributed by atoms with E-state index in [2.05, 4.69) is 10.6 Å². The van der Waals surface area contributed by atoms with E-state index in [1.165, 1.54) is 4.31 Å². The third-order valence-corrected chi connectivity index (χ3v) is 6.26. The molecule has 2 N–H and O–H groups in total. The van der Waals surface area contributed by atoms with Crippen LogP contribution >= 0.6 is 24.2 Å². The highest BCUT2D eigenvalue weighted by Crippen LogP contribution is 2.24. The second-order valence-electron chi connectivity index (χ2n) is 5.11. The lowest BCUT2D eigenvalue weighted by Crippen LogP contribution is -2.45. The van der Waals surface area contributed by atoms with Crippen molar-refractivity contribution in [3.05, 3.63) is 0 Å². The number of thioether (sulfide) groups is 1. The highest BCUT2D eigenvalue weighted by atomic mass is 35.5. The zero-order valence-corrected chi connectivity index (χ0v) is 14.3. The van der Waals surface area contributed by atoms with Gasteiger partial charge in [0.15, 0.2) is 0 Å². The van der Waals surface area contributed by atoms with Gasteiger partial charge in [-0.25, -0.2) is 21.5 Å². The molecule has 0 aromatic carbocycles. The molecule has 2 saturated heterocycles. The SMILES string of the molecule is Cl.O=C(NCCS(=O)(=O)N1CCSCC1)C1CC(F)(F)CN1. The number of carbonyl (C=O) groups excluding carboxylic acids is 1. The molecule has 130 valence electrons. The summed E-state index contributed by atoms with van der Waals surface area (Å²) < 4.78 is 51.4. The number of halogens is 3. The van der Waals surface area contributed by atoms with E-state index in [1.807, 2.05) is 0 Å². The first-order valence-electron chi connectivity index (χ1n) is 6.75. The molecule has 2 aliphatic rings. The molecular weight excluding hydrogens is 360 g/mol. The number of hydrogen-bond donors (Lipinski definition) is 2. The molecule has 2 aliphatic heterocycles. The van der Waals surface area contributed by atoms with Gasteiger partial charge in [0.05, 0.1) is 18.3 Å². The van der Waals surface area contributed by atoms with Crippen LogP contribution in [0.4, 0.5) is 8.78 Å². The van der Waals surface area contributed by atoms with E-state index in [-0.39, 0.29) is 24.7 Å². The van der Waals surface area contributed by atoms with Gasteiger partial charge in [0.25, 0.3) is 5.92 Å². The zero-order chi connectivity index (χ0) is 15.5. The van der Waals surface area contributed by atoms with Crippen LogP contribution in [0.5, 0.6) is 0 Å². The molecule has 1 atom stereocenters. The van der Waals surface area contributed by atoms with Crippen LogP contribution in [-0.2, 0) is 14.8 Å². The average molecular weight is 380 g/mol. The molecule has 22 heavy (non-hydrogen) atoms. The molecule has 0 bridgehead atoms. The van der Waals surface area contributed by atoms with Crippen LogP contribution in [0.3, 0.4) is 0 Å². The Labute approximate surface area is 139 Å². The molecule has 0 aliphatic carbocycles. The lowest BCUT2D eigenvalue weighted by molar-refractivity contribution is -0.123. The maximum absolute atomic E-state index is 13.0. The number of nitrogens with zero attached hydrogens (tertiary/aromatic N) is 1. The van der Waals surface area contributed by atoms with Crippen molar-refractivity contribution in [2.75, 3.05) is 43.4 Å². The molecule has 0 saturated carbocycles. The molecular formula is C11H20ClF2N3O3S2. The van der Waals surface area contributed by atoms with Crippen LogP contribution in [0.25, 0.3) is 0 Å². The number of nitrogens with one attached hydrogen (secondary N) is 2. The maximum atomic E-state index is 13.0. The maximum Gasteiger partial charge on any atom is 0.262 e. The van der Waals surface area contributed by atoms with Crippen molar-refractivity contribution < 1.29 is 22.0 Å². The van der Waals surface area contributed by atoms with Crippen LogP contribution in [0.2, 0.25) is 0 Å². The van der Waals surface area contributed by atoms with E-state index in [0.29, 0.717) is 13.1 Å². The van der Waals surface area contributed by atoms with Gasteiger partial charge in [-0.15, -0.1) is 12.4 Å². The van der Waals surface area contributed by atoms with E-state index in [9.17, 15) is 22.0 Å². The largest absolute Gasteiger partial charge is 0.354 e. The summed E-state index contributed by atoms with van der Waals surface area (Å²) in [5.41, 5.74) is 0. The zero-order valence-electron chi connectivity index (χ0n) is 11.9. The summed E-state index contributed by atoms with van der Waals surface area (Å²) in [6.07, 6.45) is -0.547. The Balaban J connectivity index is 0.00000242. The lowest BCUT2D eigenvalue weighted by Gasteiger charge is -2.25. The fourth-order valence-electron chi connectivity index (χ4n) is 2.28. The van der Waals surface area contributed by atoms with Crippen LogP contribution < -0.4 is 10.6 Å². The van der Waals surface area contributed by atoms with Gasteiger partial charge in [0, 0.05) is 37.6 Å². The molecule has 2 fully saturated rings. The second kappa shape index (κ2) is 8.09. The number of carbonyl (C=O) groups is 1. The molecule has 0 aromatic heterocycles. The summed E-state index contributed by atoms with van der Waals surface area (Å²) >= 11 is 1.70. The van der Waals surface area contributed by atoms with Gasteiger partial charge in [0.1, 0.15) is 0 Å². The fourth-order valence-corrected chi connectivity index (χ4v) is 4.77. The van der Waals surface area contributed by atoms with Gasteiger partial charge in [-0.1, -0.05) is 0 Å². The number of hydrogen-bond acceptors (Lipinski definition) is 5. The molecule has 11 heteroatoms. The van der Waals surface area contributed by atoms with Crippen molar-refractivity contribution in [1.82, 2.24) is 14.9 Å². The molecule has 2 rings (SSSR count). The summed E-state index contributed by atoms with van der Waals surface area (Å²) in [4.78, 5) is 11.7. The van der Waals surface area contributed by atoms with Gasteiger partial charge < -0.3 is 5.32 Å². The van der Waals surface area contributed by atoms with E-state index >= 15 is 0 Å². The first-order valence-corrected chi connectivity index (χ1v) is 9.51. The van der Waals surface area contributed by atoms with Crippen molar-refractivity contribution in [3.8, 4) is 0 Å². The minimum absolute atomic E-state index is 0. The summed E-state index contributed by atoms with van der Waals surface area (Å²) in [7, 11) is -3.39. The van der Waals surface area contributed by atoms with Gasteiger partial charge >= 0.3 is 0 Å². The second-order valence-corrected chi connectivity index (χ2v) is 8.43. The minimum atomic E-state index is -3.39. The Kier molecular flexibility index (Phi) is 7.31. The van der Waals surface area contributed by atoms with Crippen molar-refractivity contribution in [2.45, 2.75) is 18.4 Å². The van der Waals surface area contributed by atoms with Gasteiger partial charge in [0.2, 0.25) is 15.9 Å². The van der Waals surface area contributed by atoms with E-state index in [4.69, 9.17) is 0 Å². The molecule has 0 aromatic rings. The van der Waals surface area contributed by atoms with Crippen LogP contribution in [-0.4, -0.2) is 74.0 Å². The third kappa shape index (κ3) is 5.48. The minimum Gasteiger partial charge on any atom is -0.354 e. The molecule has 0 spiro atoms. The Morgan fingerprint density at radius 1 is 1.36 bits per heavy atom. The lowest BCUT2D eigenvalue weighted by atomic mass is 10.2. The highest BCUT2D eigenvalue weighted by Gasteiger charge is 2.42. The van der Waals surface area contributed by atoms with Gasteiger partial charge in [-0.3, -0.25) is 10.1 Å². The van der Waals surface area contributed by atoms with Crippen LogP contribution in [0, 0.1) is 0 Å². The Morgan fingerprint density at radius 3 is 2.55 bits per heavy atom. The fraction of sp³-hybridized carbons (Fsp3) is 0.909. The summed E-state index contributed by atoms with van der Waals surface area (Å²) in [5, 5.41) is 4.84. The summed E-state index contributed by atoms with van der Waals surface area (Å²) in [6, 6.07) is -0.950. The van der Waals surface area contributed by atoms with Crippen molar-refractivity contribution in [3.63, 3.8) is 0 Å². The summed E-state index contributed by atoms with van der Waals surface area (Å²) in [5.74, 6) is -2.11. The quantitative estimate of drug-likeness (QED) is 0.697. The normalized spacial score (nSPS) is 25.5. The number of amides is 1. The van der Waals surface area contributed by atoms with Crippen LogP contribution in [0.15, 0.2) is 0 Å². The molecule has 2 heterocycles. The topological polar surface area (TPSA) is 78.5 Å². The Morgan fingerprint density at radius 2 is 2.00 bits per heavy atom. The molecule has 0 radical (unpaired) electrons. The van der Waals surface area contributed by atoms with Crippen LogP contribution in [0.1, 0.15) is 6.42 Å². The number of alkyl halides is 2.